The van der Waals surface area contributed by atoms with Gasteiger partial charge in [0.25, 0.3) is 17.7 Å². The lowest BCUT2D eigenvalue weighted by Gasteiger charge is -2.36. The first-order valence-electron chi connectivity index (χ1n) is 11.3. The molecule has 1 aliphatic heterocycles. The SMILES string of the molecule is CC[C@@H](C(=O)c1ccccc1)N(C(=O)c1ccc(Cl)c(Cl)c1)N1C(=O)[C@@H]2[C@H](C1=O)[C@H]1C=C[C@H]2C1. The molecule has 0 radical (unpaired) electrons. The van der Waals surface area contributed by atoms with Gasteiger partial charge in [-0.25, -0.2) is 5.01 Å². The zero-order chi connectivity index (χ0) is 24.1. The van der Waals surface area contributed by atoms with E-state index in [2.05, 4.69) is 0 Å². The van der Waals surface area contributed by atoms with Crippen molar-refractivity contribution in [2.24, 2.45) is 23.7 Å². The van der Waals surface area contributed by atoms with Crippen molar-refractivity contribution in [1.82, 2.24) is 10.0 Å². The number of benzene rings is 2. The normalized spacial score (nSPS) is 25.6. The van der Waals surface area contributed by atoms with Gasteiger partial charge in [0.05, 0.1) is 21.9 Å². The van der Waals surface area contributed by atoms with Gasteiger partial charge < -0.3 is 0 Å². The molecule has 0 N–H and O–H groups in total. The van der Waals surface area contributed by atoms with Crippen LogP contribution < -0.4 is 0 Å². The van der Waals surface area contributed by atoms with Crippen molar-refractivity contribution in [3.63, 3.8) is 0 Å². The van der Waals surface area contributed by atoms with Crippen LogP contribution in [0.15, 0.2) is 60.7 Å². The third kappa shape index (κ3) is 3.48. The quantitative estimate of drug-likeness (QED) is 0.326. The Labute approximate surface area is 207 Å². The molecule has 0 aromatic heterocycles. The van der Waals surface area contributed by atoms with Crippen LogP contribution in [0.1, 0.15) is 40.5 Å². The number of amides is 3. The zero-order valence-electron chi connectivity index (χ0n) is 18.4. The number of hydrazine groups is 1. The summed E-state index contributed by atoms with van der Waals surface area (Å²) in [6.07, 6.45) is 4.94. The fourth-order valence-corrected chi connectivity index (χ4v) is 5.79. The molecule has 5 atom stereocenters. The lowest BCUT2D eigenvalue weighted by atomic mass is 9.85. The molecule has 2 aromatic rings. The Morgan fingerprint density at radius 1 is 0.941 bits per heavy atom. The van der Waals surface area contributed by atoms with Gasteiger partial charge in [0.1, 0.15) is 6.04 Å². The van der Waals surface area contributed by atoms with Gasteiger partial charge in [-0.3, -0.25) is 19.2 Å². The number of allylic oxidation sites excluding steroid dienone is 2. The van der Waals surface area contributed by atoms with Gasteiger partial charge >= 0.3 is 0 Å². The lowest BCUT2D eigenvalue weighted by molar-refractivity contribution is -0.157. The molecule has 2 fully saturated rings. The van der Waals surface area contributed by atoms with Gasteiger partial charge in [-0.2, -0.15) is 5.01 Å². The van der Waals surface area contributed by atoms with E-state index in [9.17, 15) is 19.2 Å². The summed E-state index contributed by atoms with van der Waals surface area (Å²) in [5, 5.41) is 2.41. The number of carbonyl (C=O) groups is 4. The molecule has 8 heteroatoms. The molecule has 2 aliphatic carbocycles. The maximum atomic E-state index is 13.8. The summed E-state index contributed by atoms with van der Waals surface area (Å²) >= 11 is 12.2. The Morgan fingerprint density at radius 3 is 2.12 bits per heavy atom. The van der Waals surface area contributed by atoms with Crippen LogP contribution in [0.25, 0.3) is 0 Å². The molecular weight excluding hydrogens is 475 g/mol. The molecule has 2 aromatic carbocycles. The summed E-state index contributed by atoms with van der Waals surface area (Å²) in [6, 6.07) is 11.8. The number of nitrogens with zero attached hydrogens (tertiary/aromatic N) is 2. The van der Waals surface area contributed by atoms with Crippen molar-refractivity contribution in [1.29, 1.82) is 0 Å². The van der Waals surface area contributed by atoms with Gasteiger partial charge in [-0.1, -0.05) is 72.6 Å². The van der Waals surface area contributed by atoms with Crippen molar-refractivity contribution in [3.05, 3.63) is 81.9 Å². The molecule has 34 heavy (non-hydrogen) atoms. The largest absolute Gasteiger partial charge is 0.292 e. The summed E-state index contributed by atoms with van der Waals surface area (Å²) in [4.78, 5) is 54.5. The number of hydrogen-bond donors (Lipinski definition) is 0. The van der Waals surface area contributed by atoms with E-state index in [1.807, 2.05) is 12.2 Å². The molecule has 1 saturated heterocycles. The van der Waals surface area contributed by atoms with Crippen molar-refractivity contribution < 1.29 is 19.2 Å². The molecular formula is C26H22Cl2N2O4. The molecule has 3 aliphatic rings. The number of Topliss-reactive ketones (excluding diaryl/α,β-unsaturated/α-hetero) is 1. The van der Waals surface area contributed by atoms with Crippen LogP contribution in [0.4, 0.5) is 0 Å². The Morgan fingerprint density at radius 2 is 1.56 bits per heavy atom. The monoisotopic (exact) mass is 496 g/mol. The van der Waals surface area contributed by atoms with Crippen LogP contribution in [-0.4, -0.2) is 39.6 Å². The van der Waals surface area contributed by atoms with Crippen LogP contribution in [0, 0.1) is 23.7 Å². The fraction of sp³-hybridized carbons (Fsp3) is 0.308. The average Bonchev–Trinajstić information content (AvgIpc) is 3.53. The maximum Gasteiger partial charge on any atom is 0.273 e. The number of rotatable bonds is 6. The number of halogens is 2. The third-order valence-corrected chi connectivity index (χ3v) is 7.82. The second-order valence-electron chi connectivity index (χ2n) is 8.92. The second-order valence-corrected chi connectivity index (χ2v) is 9.74. The summed E-state index contributed by atoms with van der Waals surface area (Å²) in [7, 11) is 0. The van der Waals surface area contributed by atoms with E-state index in [1.54, 1.807) is 37.3 Å². The van der Waals surface area contributed by atoms with Crippen molar-refractivity contribution in [3.8, 4) is 0 Å². The Kier molecular flexibility index (Phi) is 5.82. The first-order chi connectivity index (χ1) is 16.3. The zero-order valence-corrected chi connectivity index (χ0v) is 19.9. The predicted octanol–water partition coefficient (Wildman–Crippen LogP) is 4.82. The van der Waals surface area contributed by atoms with Crippen LogP contribution >= 0.6 is 23.2 Å². The highest BCUT2D eigenvalue weighted by molar-refractivity contribution is 6.42. The smallest absolute Gasteiger partial charge is 0.273 e. The highest BCUT2D eigenvalue weighted by Gasteiger charge is 2.62. The Balaban J connectivity index is 1.59. The minimum absolute atomic E-state index is 0.0247. The highest BCUT2D eigenvalue weighted by Crippen LogP contribution is 2.53. The van der Waals surface area contributed by atoms with Crippen LogP contribution in [-0.2, 0) is 9.59 Å². The molecule has 2 bridgehead atoms. The van der Waals surface area contributed by atoms with Gasteiger partial charge in [-0.15, -0.1) is 0 Å². The van der Waals surface area contributed by atoms with E-state index >= 15 is 0 Å². The molecule has 174 valence electrons. The second kappa shape index (κ2) is 8.67. The van der Waals surface area contributed by atoms with Gasteiger partial charge in [0, 0.05) is 11.1 Å². The van der Waals surface area contributed by atoms with Crippen LogP contribution in [0.2, 0.25) is 10.0 Å². The molecule has 3 amide bonds. The topological polar surface area (TPSA) is 74.8 Å². The molecule has 1 heterocycles. The van der Waals surface area contributed by atoms with E-state index in [4.69, 9.17) is 23.2 Å². The number of ketones is 1. The molecule has 5 rings (SSSR count). The number of fused-ring (bicyclic) bond motifs is 5. The van der Waals surface area contributed by atoms with Gasteiger partial charge in [0.2, 0.25) is 0 Å². The summed E-state index contributed by atoms with van der Waals surface area (Å²) in [5.74, 6) is -2.93. The maximum absolute atomic E-state index is 13.8. The molecule has 6 nitrogen and oxygen atoms in total. The number of carbonyl (C=O) groups excluding carboxylic acids is 4. The average molecular weight is 497 g/mol. The molecule has 1 saturated carbocycles. The summed E-state index contributed by atoms with van der Waals surface area (Å²) in [6.45, 7) is 1.75. The first kappa shape index (κ1) is 22.8. The minimum Gasteiger partial charge on any atom is -0.292 e. The van der Waals surface area contributed by atoms with Crippen molar-refractivity contribution >= 4 is 46.7 Å². The van der Waals surface area contributed by atoms with E-state index in [1.165, 1.54) is 18.2 Å². The van der Waals surface area contributed by atoms with Crippen molar-refractivity contribution in [2.75, 3.05) is 0 Å². The minimum atomic E-state index is -1.05. The number of hydrogen-bond acceptors (Lipinski definition) is 4. The number of imide groups is 1. The van der Waals surface area contributed by atoms with Crippen LogP contribution in [0.5, 0.6) is 0 Å². The third-order valence-electron chi connectivity index (χ3n) is 7.08. The van der Waals surface area contributed by atoms with E-state index in [0.29, 0.717) is 5.56 Å². The fourth-order valence-electron chi connectivity index (χ4n) is 5.50. The van der Waals surface area contributed by atoms with E-state index in [-0.39, 0.29) is 39.6 Å². The Hall–Kier alpha value is -2.96. The lowest BCUT2D eigenvalue weighted by Crippen LogP contribution is -2.57. The van der Waals surface area contributed by atoms with Crippen LogP contribution in [0.3, 0.4) is 0 Å². The first-order valence-corrected chi connectivity index (χ1v) is 12.0. The standard InChI is InChI=1S/C26H22Cl2N2O4/c1-2-20(23(31)14-6-4-3-5-7-14)29(24(32)17-10-11-18(27)19(28)13-17)30-25(33)21-15-8-9-16(12-15)22(21)26(30)34/h3-11,13,15-16,20-22H,2,12H2,1H3/t15-,16-,20-,21-,22+/m0/s1. The van der Waals surface area contributed by atoms with E-state index in [0.717, 1.165) is 16.4 Å². The molecule has 0 spiro atoms. The Bertz CT molecular complexity index is 1200. The highest BCUT2D eigenvalue weighted by atomic mass is 35.5. The molecule has 0 unspecified atom stereocenters. The van der Waals surface area contributed by atoms with E-state index < -0.39 is 35.6 Å². The predicted molar refractivity (Wildman–Crippen MR) is 127 cm³/mol. The summed E-state index contributed by atoms with van der Waals surface area (Å²) in [5.41, 5.74) is 0.523. The van der Waals surface area contributed by atoms with Gasteiger partial charge in [-0.05, 0) is 42.9 Å². The van der Waals surface area contributed by atoms with Crippen molar-refractivity contribution in [2.45, 2.75) is 25.8 Å². The van der Waals surface area contributed by atoms with Gasteiger partial charge in [0.15, 0.2) is 5.78 Å². The summed E-state index contributed by atoms with van der Waals surface area (Å²) < 4.78 is 0.